The minimum absolute atomic E-state index is 0.367. The fourth-order valence-corrected chi connectivity index (χ4v) is 1.76. The summed E-state index contributed by atoms with van der Waals surface area (Å²) in [4.78, 5) is 12.9. The van der Waals surface area contributed by atoms with Crippen molar-refractivity contribution in [1.29, 1.82) is 0 Å². The summed E-state index contributed by atoms with van der Waals surface area (Å²) < 4.78 is 5.29. The molecule has 0 spiro atoms. The van der Waals surface area contributed by atoms with Crippen LogP contribution < -0.4 is 15.0 Å². The second kappa shape index (κ2) is 6.26. The van der Waals surface area contributed by atoms with E-state index in [1.165, 1.54) is 0 Å². The van der Waals surface area contributed by atoms with Crippen LogP contribution in [0.2, 0.25) is 0 Å². The van der Waals surface area contributed by atoms with Crippen molar-refractivity contribution in [1.82, 2.24) is 5.32 Å². The number of hydrogen-bond donors (Lipinski definition) is 2. The Morgan fingerprint density at radius 1 is 1.56 bits per heavy atom. The number of carboxylic acids is 1. The number of anilines is 1. The highest BCUT2D eigenvalue weighted by molar-refractivity contribution is 5.74. The molecule has 1 unspecified atom stereocenters. The number of nitrogens with one attached hydrogen (secondary N) is 1. The highest BCUT2D eigenvalue weighted by Gasteiger charge is 2.19. The van der Waals surface area contributed by atoms with Gasteiger partial charge in [-0.1, -0.05) is 6.07 Å². The molecule has 0 saturated carbocycles. The van der Waals surface area contributed by atoms with Gasteiger partial charge in [-0.2, -0.15) is 0 Å². The van der Waals surface area contributed by atoms with Crippen LogP contribution >= 0.6 is 0 Å². The summed E-state index contributed by atoms with van der Waals surface area (Å²) in [6.45, 7) is 2.36. The molecule has 2 N–H and O–H groups in total. The molecule has 5 nitrogen and oxygen atoms in total. The van der Waals surface area contributed by atoms with Crippen LogP contribution in [0.1, 0.15) is 5.56 Å². The van der Waals surface area contributed by atoms with Gasteiger partial charge in [-0.3, -0.25) is 4.79 Å². The summed E-state index contributed by atoms with van der Waals surface area (Å²) >= 11 is 0. The van der Waals surface area contributed by atoms with Gasteiger partial charge in [-0.25, -0.2) is 0 Å². The number of ether oxygens (including phenoxy) is 1. The molecule has 100 valence electrons. The van der Waals surface area contributed by atoms with Crippen LogP contribution in [0.15, 0.2) is 18.2 Å². The van der Waals surface area contributed by atoms with Gasteiger partial charge in [0.1, 0.15) is 11.8 Å². The minimum Gasteiger partial charge on any atom is -0.495 e. The van der Waals surface area contributed by atoms with Crippen molar-refractivity contribution in [3.05, 3.63) is 23.8 Å². The van der Waals surface area contributed by atoms with Crippen molar-refractivity contribution in [3.8, 4) is 5.75 Å². The lowest BCUT2D eigenvalue weighted by Crippen LogP contribution is -2.43. The van der Waals surface area contributed by atoms with Crippen molar-refractivity contribution in [2.75, 3.05) is 32.6 Å². The first kappa shape index (κ1) is 14.3. The van der Waals surface area contributed by atoms with Gasteiger partial charge in [-0.15, -0.1) is 0 Å². The molecule has 0 amide bonds. The molecule has 1 aromatic rings. The zero-order chi connectivity index (χ0) is 13.7. The van der Waals surface area contributed by atoms with E-state index in [-0.39, 0.29) is 0 Å². The fraction of sp³-hybridized carbons (Fsp3) is 0.462. The maximum absolute atomic E-state index is 11.0. The average molecular weight is 252 g/mol. The lowest BCUT2D eigenvalue weighted by atomic mass is 10.1. The third kappa shape index (κ3) is 3.37. The van der Waals surface area contributed by atoms with Gasteiger partial charge in [-0.05, 0) is 31.7 Å². The van der Waals surface area contributed by atoms with Crippen LogP contribution in [-0.4, -0.2) is 44.9 Å². The zero-order valence-electron chi connectivity index (χ0n) is 11.2. The Balaban J connectivity index is 2.92. The largest absolute Gasteiger partial charge is 0.495 e. The summed E-state index contributed by atoms with van der Waals surface area (Å²) in [5, 5.41) is 11.8. The molecule has 1 atom stereocenters. The number of hydrogen-bond acceptors (Lipinski definition) is 4. The number of likely N-dealkylation sites (N-methyl/N-ethyl adjacent to an activating group) is 2. The van der Waals surface area contributed by atoms with Crippen molar-refractivity contribution < 1.29 is 14.6 Å². The molecular weight excluding hydrogens is 232 g/mol. The predicted octanol–water partition coefficient (Wildman–Crippen LogP) is 1.11. The van der Waals surface area contributed by atoms with Crippen LogP contribution in [0, 0.1) is 6.92 Å². The Labute approximate surface area is 107 Å². The molecular formula is C13H20N2O3. The van der Waals surface area contributed by atoms with E-state index in [9.17, 15) is 4.79 Å². The van der Waals surface area contributed by atoms with Crippen molar-refractivity contribution in [2.24, 2.45) is 0 Å². The first-order valence-electron chi connectivity index (χ1n) is 5.75. The van der Waals surface area contributed by atoms with Crippen LogP contribution in [-0.2, 0) is 4.79 Å². The topological polar surface area (TPSA) is 61.8 Å². The van der Waals surface area contributed by atoms with Gasteiger partial charge in [0, 0.05) is 13.6 Å². The third-order valence-corrected chi connectivity index (χ3v) is 2.85. The monoisotopic (exact) mass is 252 g/mol. The van der Waals surface area contributed by atoms with Crippen molar-refractivity contribution in [2.45, 2.75) is 13.0 Å². The smallest absolute Gasteiger partial charge is 0.322 e. The van der Waals surface area contributed by atoms with Gasteiger partial charge >= 0.3 is 5.97 Å². The Hall–Kier alpha value is -1.75. The molecule has 1 aromatic carbocycles. The number of nitrogens with zero attached hydrogens (tertiary/aromatic N) is 1. The summed E-state index contributed by atoms with van der Waals surface area (Å²) in [7, 11) is 5.10. The highest BCUT2D eigenvalue weighted by Crippen LogP contribution is 2.28. The summed E-state index contributed by atoms with van der Waals surface area (Å²) in [5.41, 5.74) is 1.99. The molecule has 18 heavy (non-hydrogen) atoms. The summed E-state index contributed by atoms with van der Waals surface area (Å²) in [6, 6.07) is 5.22. The quantitative estimate of drug-likeness (QED) is 0.794. The second-order valence-electron chi connectivity index (χ2n) is 4.24. The van der Waals surface area contributed by atoms with Gasteiger partial charge in [0.2, 0.25) is 0 Å². The van der Waals surface area contributed by atoms with E-state index in [1.807, 2.05) is 37.1 Å². The molecule has 0 aliphatic carbocycles. The van der Waals surface area contributed by atoms with Gasteiger partial charge in [0.05, 0.1) is 12.8 Å². The second-order valence-corrected chi connectivity index (χ2v) is 4.24. The van der Waals surface area contributed by atoms with Gasteiger partial charge < -0.3 is 20.1 Å². The summed E-state index contributed by atoms with van der Waals surface area (Å²) in [5.74, 6) is -0.126. The number of rotatable bonds is 6. The maximum Gasteiger partial charge on any atom is 0.322 e. The third-order valence-electron chi connectivity index (χ3n) is 2.85. The lowest BCUT2D eigenvalue weighted by molar-refractivity contribution is -0.139. The van der Waals surface area contributed by atoms with Gasteiger partial charge in [0.15, 0.2) is 0 Å². The molecule has 0 aliphatic rings. The average Bonchev–Trinajstić information content (AvgIpc) is 2.35. The van der Waals surface area contributed by atoms with Crippen LogP contribution in [0.4, 0.5) is 5.69 Å². The van der Waals surface area contributed by atoms with E-state index in [2.05, 4.69) is 5.32 Å². The molecule has 0 radical (unpaired) electrons. The van der Waals surface area contributed by atoms with Crippen molar-refractivity contribution in [3.63, 3.8) is 0 Å². The fourth-order valence-electron chi connectivity index (χ4n) is 1.76. The molecule has 0 bridgehead atoms. The number of carboxylic acid groups (broad SMARTS) is 1. The van der Waals surface area contributed by atoms with E-state index in [1.54, 1.807) is 14.2 Å². The van der Waals surface area contributed by atoms with Crippen LogP contribution in [0.5, 0.6) is 5.75 Å². The van der Waals surface area contributed by atoms with Crippen LogP contribution in [0.3, 0.4) is 0 Å². The Bertz CT molecular complexity index is 421. The Morgan fingerprint density at radius 3 is 2.72 bits per heavy atom. The number of benzene rings is 1. The standard InChI is InChI=1S/C13H20N2O3/c1-9-5-6-12(18-4)11(7-9)15(3)8-10(14-2)13(16)17/h5-7,10,14H,8H2,1-4H3,(H,16,17). The van der Waals surface area contributed by atoms with E-state index in [0.717, 1.165) is 17.0 Å². The lowest BCUT2D eigenvalue weighted by Gasteiger charge is -2.25. The molecule has 0 fully saturated rings. The van der Waals surface area contributed by atoms with E-state index in [4.69, 9.17) is 9.84 Å². The first-order chi connectivity index (χ1) is 8.49. The van der Waals surface area contributed by atoms with E-state index >= 15 is 0 Å². The van der Waals surface area contributed by atoms with Crippen LogP contribution in [0.25, 0.3) is 0 Å². The van der Waals surface area contributed by atoms with E-state index in [0.29, 0.717) is 6.54 Å². The highest BCUT2D eigenvalue weighted by atomic mass is 16.5. The molecule has 0 heterocycles. The molecule has 0 saturated heterocycles. The predicted molar refractivity (Wildman–Crippen MR) is 71.5 cm³/mol. The SMILES string of the molecule is CNC(CN(C)c1cc(C)ccc1OC)C(=O)O. The molecule has 1 rings (SSSR count). The minimum atomic E-state index is -0.865. The molecule has 0 aromatic heterocycles. The maximum atomic E-state index is 11.0. The first-order valence-corrected chi connectivity index (χ1v) is 5.75. The number of aryl methyl sites for hydroxylation is 1. The molecule has 0 aliphatic heterocycles. The Morgan fingerprint density at radius 2 is 2.22 bits per heavy atom. The normalized spacial score (nSPS) is 12.0. The summed E-state index contributed by atoms with van der Waals surface area (Å²) in [6.07, 6.45) is 0. The van der Waals surface area contributed by atoms with E-state index < -0.39 is 12.0 Å². The number of carbonyl (C=O) groups is 1. The van der Waals surface area contributed by atoms with Gasteiger partial charge in [0.25, 0.3) is 0 Å². The van der Waals surface area contributed by atoms with Crippen molar-refractivity contribution >= 4 is 11.7 Å². The number of methoxy groups -OCH3 is 1. The number of aliphatic carboxylic acids is 1. The molecule has 5 heteroatoms. The Kier molecular flexibility index (Phi) is 4.97. The zero-order valence-corrected chi connectivity index (χ0v) is 11.2.